The van der Waals surface area contributed by atoms with Crippen LogP contribution in [0, 0.1) is 0 Å². The number of nitrogens with zero attached hydrogens (tertiary/aromatic N) is 1. The largest absolute Gasteiger partial charge is 0.495 e. The standard InChI is InChI=1S/C16H23N3O2/c1-21-15-5-3-2-4-14(15)18-16(20)10-19-12-6-7-13(19)9-11(17)8-12/h2-5,11-13H,6-10,17H2,1H3,(H,18,20). The Bertz CT molecular complexity index is 506. The number of hydrogen-bond donors (Lipinski definition) is 2. The number of piperidine rings is 1. The summed E-state index contributed by atoms with van der Waals surface area (Å²) in [6, 6.07) is 8.74. The van der Waals surface area contributed by atoms with Crippen LogP contribution in [0.25, 0.3) is 0 Å². The average Bonchev–Trinajstić information content (AvgIpc) is 2.71. The van der Waals surface area contributed by atoms with Gasteiger partial charge in [0.1, 0.15) is 5.75 Å². The minimum absolute atomic E-state index is 0.0203. The van der Waals surface area contributed by atoms with Crippen LogP contribution in [-0.4, -0.2) is 42.6 Å². The van der Waals surface area contributed by atoms with Gasteiger partial charge in [-0.3, -0.25) is 9.69 Å². The van der Waals surface area contributed by atoms with Crippen molar-refractivity contribution in [1.29, 1.82) is 0 Å². The van der Waals surface area contributed by atoms with Crippen molar-refractivity contribution in [2.75, 3.05) is 19.0 Å². The number of amides is 1. The first-order chi connectivity index (χ1) is 10.2. The molecular formula is C16H23N3O2. The van der Waals surface area contributed by atoms with Crippen molar-refractivity contribution in [2.45, 2.75) is 43.8 Å². The van der Waals surface area contributed by atoms with E-state index in [1.807, 2.05) is 24.3 Å². The molecule has 0 saturated carbocycles. The number of nitrogens with one attached hydrogen (secondary N) is 1. The number of benzene rings is 1. The van der Waals surface area contributed by atoms with E-state index < -0.39 is 0 Å². The lowest BCUT2D eigenvalue weighted by Gasteiger charge is -2.37. The van der Waals surface area contributed by atoms with Crippen LogP contribution in [0.2, 0.25) is 0 Å². The Morgan fingerprint density at radius 3 is 2.67 bits per heavy atom. The van der Waals surface area contributed by atoms with Gasteiger partial charge in [0.05, 0.1) is 19.3 Å². The summed E-state index contributed by atoms with van der Waals surface area (Å²) in [5.41, 5.74) is 6.79. The summed E-state index contributed by atoms with van der Waals surface area (Å²) in [5, 5.41) is 2.95. The number of carbonyl (C=O) groups is 1. The Kier molecular flexibility index (Phi) is 4.12. The normalized spacial score (nSPS) is 28.4. The van der Waals surface area contributed by atoms with Gasteiger partial charge in [-0.15, -0.1) is 0 Å². The molecule has 0 aromatic heterocycles. The number of ether oxygens (including phenoxy) is 1. The first-order valence-corrected chi connectivity index (χ1v) is 7.61. The van der Waals surface area contributed by atoms with Crippen molar-refractivity contribution < 1.29 is 9.53 Å². The fraction of sp³-hybridized carbons (Fsp3) is 0.562. The maximum atomic E-state index is 12.3. The predicted molar refractivity (Wildman–Crippen MR) is 82.3 cm³/mol. The van der Waals surface area contributed by atoms with Crippen molar-refractivity contribution in [3.8, 4) is 5.75 Å². The lowest BCUT2D eigenvalue weighted by atomic mass is 9.98. The zero-order valence-electron chi connectivity index (χ0n) is 12.4. The maximum absolute atomic E-state index is 12.3. The smallest absolute Gasteiger partial charge is 0.238 e. The Morgan fingerprint density at radius 1 is 1.33 bits per heavy atom. The molecule has 5 nitrogen and oxygen atoms in total. The lowest BCUT2D eigenvalue weighted by molar-refractivity contribution is -0.118. The summed E-state index contributed by atoms with van der Waals surface area (Å²) in [6.07, 6.45) is 4.36. The Morgan fingerprint density at radius 2 is 2.00 bits per heavy atom. The number of nitrogens with two attached hydrogens (primary N) is 1. The number of para-hydroxylation sites is 2. The molecule has 0 spiro atoms. The van der Waals surface area contributed by atoms with Crippen LogP contribution < -0.4 is 15.8 Å². The number of fused-ring (bicyclic) bond motifs is 2. The average molecular weight is 289 g/mol. The molecule has 2 heterocycles. The molecule has 1 aromatic carbocycles. The maximum Gasteiger partial charge on any atom is 0.238 e. The summed E-state index contributed by atoms with van der Waals surface area (Å²) in [4.78, 5) is 14.6. The van der Waals surface area contributed by atoms with Crippen LogP contribution >= 0.6 is 0 Å². The summed E-state index contributed by atoms with van der Waals surface area (Å²) in [5.74, 6) is 0.710. The van der Waals surface area contributed by atoms with Gasteiger partial charge in [0, 0.05) is 18.1 Å². The Hall–Kier alpha value is -1.59. The van der Waals surface area contributed by atoms with Crippen LogP contribution in [0.3, 0.4) is 0 Å². The second-order valence-electron chi connectivity index (χ2n) is 6.04. The minimum Gasteiger partial charge on any atom is -0.495 e. The monoisotopic (exact) mass is 289 g/mol. The van der Waals surface area contributed by atoms with E-state index in [1.165, 1.54) is 12.8 Å². The van der Waals surface area contributed by atoms with Crippen molar-refractivity contribution in [2.24, 2.45) is 5.73 Å². The lowest BCUT2D eigenvalue weighted by Crippen LogP contribution is -2.49. The summed E-state index contributed by atoms with van der Waals surface area (Å²) in [7, 11) is 1.61. The molecule has 0 radical (unpaired) electrons. The first-order valence-electron chi connectivity index (χ1n) is 7.61. The molecule has 2 unspecified atom stereocenters. The number of rotatable bonds is 4. The molecule has 5 heteroatoms. The molecule has 21 heavy (non-hydrogen) atoms. The zero-order valence-corrected chi connectivity index (χ0v) is 12.4. The van der Waals surface area contributed by atoms with Crippen LogP contribution in [0.5, 0.6) is 5.75 Å². The summed E-state index contributed by atoms with van der Waals surface area (Å²) < 4.78 is 5.26. The second-order valence-corrected chi connectivity index (χ2v) is 6.04. The van der Waals surface area contributed by atoms with E-state index in [4.69, 9.17) is 10.5 Å². The summed E-state index contributed by atoms with van der Waals surface area (Å²) in [6.45, 7) is 0.445. The third-order valence-corrected chi connectivity index (χ3v) is 4.63. The van der Waals surface area contributed by atoms with Crippen LogP contribution in [0.15, 0.2) is 24.3 Å². The molecule has 2 saturated heterocycles. The van der Waals surface area contributed by atoms with E-state index in [0.29, 0.717) is 30.4 Å². The van der Waals surface area contributed by atoms with E-state index in [1.54, 1.807) is 7.11 Å². The van der Waals surface area contributed by atoms with Gasteiger partial charge in [0.25, 0.3) is 0 Å². The first kappa shape index (κ1) is 14.4. The highest BCUT2D eigenvalue weighted by Gasteiger charge is 2.40. The number of anilines is 1. The van der Waals surface area contributed by atoms with Crippen molar-refractivity contribution in [1.82, 2.24) is 4.90 Å². The highest BCUT2D eigenvalue weighted by Crippen LogP contribution is 2.34. The molecule has 1 amide bonds. The molecule has 1 aromatic rings. The third-order valence-electron chi connectivity index (χ3n) is 4.63. The fourth-order valence-electron chi connectivity index (χ4n) is 3.68. The molecule has 3 N–H and O–H groups in total. The van der Waals surface area contributed by atoms with Gasteiger partial charge in [0.15, 0.2) is 0 Å². The number of carbonyl (C=O) groups excluding carboxylic acids is 1. The highest BCUT2D eigenvalue weighted by atomic mass is 16.5. The number of methoxy groups -OCH3 is 1. The molecule has 0 aliphatic carbocycles. The second kappa shape index (κ2) is 6.03. The van der Waals surface area contributed by atoms with E-state index in [0.717, 1.165) is 18.5 Å². The zero-order chi connectivity index (χ0) is 14.8. The number of hydrogen-bond acceptors (Lipinski definition) is 4. The van der Waals surface area contributed by atoms with E-state index >= 15 is 0 Å². The third kappa shape index (κ3) is 3.04. The van der Waals surface area contributed by atoms with Crippen LogP contribution in [0.1, 0.15) is 25.7 Å². The van der Waals surface area contributed by atoms with Crippen molar-refractivity contribution in [3.63, 3.8) is 0 Å². The fourth-order valence-corrected chi connectivity index (χ4v) is 3.68. The molecule has 114 valence electrons. The minimum atomic E-state index is 0.0203. The van der Waals surface area contributed by atoms with E-state index in [-0.39, 0.29) is 5.91 Å². The Labute approximate surface area is 125 Å². The quantitative estimate of drug-likeness (QED) is 0.883. The van der Waals surface area contributed by atoms with Crippen molar-refractivity contribution in [3.05, 3.63) is 24.3 Å². The van der Waals surface area contributed by atoms with Gasteiger partial charge in [-0.1, -0.05) is 12.1 Å². The van der Waals surface area contributed by atoms with Gasteiger partial charge >= 0.3 is 0 Å². The van der Waals surface area contributed by atoms with E-state index in [2.05, 4.69) is 10.2 Å². The topological polar surface area (TPSA) is 67.6 Å². The van der Waals surface area contributed by atoms with Gasteiger partial charge in [0.2, 0.25) is 5.91 Å². The van der Waals surface area contributed by atoms with Gasteiger partial charge in [-0.05, 0) is 37.8 Å². The SMILES string of the molecule is COc1ccccc1NC(=O)CN1C2CCC1CC(N)C2. The molecule has 2 aliphatic heterocycles. The molecule has 2 atom stereocenters. The van der Waals surface area contributed by atoms with Crippen molar-refractivity contribution >= 4 is 11.6 Å². The molecule has 3 rings (SSSR count). The summed E-state index contributed by atoms with van der Waals surface area (Å²) >= 11 is 0. The molecular weight excluding hydrogens is 266 g/mol. The molecule has 2 fully saturated rings. The Balaban J connectivity index is 1.62. The van der Waals surface area contributed by atoms with Crippen LogP contribution in [0.4, 0.5) is 5.69 Å². The highest BCUT2D eigenvalue weighted by molar-refractivity contribution is 5.93. The van der Waals surface area contributed by atoms with E-state index in [9.17, 15) is 4.79 Å². The van der Waals surface area contributed by atoms with Gasteiger partial charge in [-0.2, -0.15) is 0 Å². The van der Waals surface area contributed by atoms with Gasteiger partial charge in [-0.25, -0.2) is 0 Å². The predicted octanol–water partition coefficient (Wildman–Crippen LogP) is 1.59. The van der Waals surface area contributed by atoms with Crippen LogP contribution in [-0.2, 0) is 4.79 Å². The molecule has 2 aliphatic rings. The molecule has 2 bridgehead atoms. The van der Waals surface area contributed by atoms with Gasteiger partial charge < -0.3 is 15.8 Å².